The van der Waals surface area contributed by atoms with Crippen LogP contribution in [0.4, 0.5) is 17.5 Å². The summed E-state index contributed by atoms with van der Waals surface area (Å²) >= 11 is 0. The van der Waals surface area contributed by atoms with Crippen molar-refractivity contribution >= 4 is 17.5 Å². The van der Waals surface area contributed by atoms with Crippen LogP contribution in [0, 0.1) is 0 Å². The third kappa shape index (κ3) is 4.23. The zero-order valence-corrected chi connectivity index (χ0v) is 15.6. The van der Waals surface area contributed by atoms with E-state index >= 15 is 0 Å². The first-order valence-electron chi connectivity index (χ1n) is 9.29. The van der Waals surface area contributed by atoms with Gasteiger partial charge in [-0.15, -0.1) is 5.10 Å². The van der Waals surface area contributed by atoms with Crippen molar-refractivity contribution in [2.45, 2.75) is 6.54 Å². The molecule has 138 valence electrons. The van der Waals surface area contributed by atoms with Gasteiger partial charge in [0.2, 0.25) is 5.95 Å². The maximum absolute atomic E-state index is 4.85. The van der Waals surface area contributed by atoms with E-state index in [-0.39, 0.29) is 0 Å². The van der Waals surface area contributed by atoms with Crippen LogP contribution < -0.4 is 9.80 Å². The number of nitrogens with zero attached hydrogens (tertiary/aromatic N) is 6. The Morgan fingerprint density at radius 1 is 0.889 bits per heavy atom. The third-order valence-electron chi connectivity index (χ3n) is 4.85. The van der Waals surface area contributed by atoms with Crippen LogP contribution in [-0.4, -0.2) is 53.3 Å². The summed E-state index contributed by atoms with van der Waals surface area (Å²) in [5, 5.41) is 8.55. The fraction of sp³-hybridized carbons (Fsp3) is 0.286. The number of rotatable bonds is 5. The van der Waals surface area contributed by atoms with Gasteiger partial charge < -0.3 is 14.7 Å². The molecule has 4 rings (SSSR count). The summed E-state index contributed by atoms with van der Waals surface area (Å²) in [6.07, 6.45) is 1.75. The predicted molar refractivity (Wildman–Crippen MR) is 108 cm³/mol. The van der Waals surface area contributed by atoms with E-state index in [2.05, 4.69) is 68.3 Å². The van der Waals surface area contributed by atoms with E-state index in [4.69, 9.17) is 4.98 Å². The molecule has 2 aromatic carbocycles. The second-order valence-corrected chi connectivity index (χ2v) is 6.81. The van der Waals surface area contributed by atoms with Crippen LogP contribution in [0.3, 0.4) is 0 Å². The number of likely N-dealkylation sites (N-methyl/N-ethyl adjacent to an activating group) is 1. The van der Waals surface area contributed by atoms with Crippen LogP contribution in [0.5, 0.6) is 0 Å². The molecule has 0 radical (unpaired) electrons. The SMILES string of the molecule is CN1CCN(c2nncc(N(Cc3ccccc3)c3ccccc3)n2)CC1. The van der Waals surface area contributed by atoms with Gasteiger partial charge in [0.25, 0.3) is 0 Å². The Morgan fingerprint density at radius 3 is 2.26 bits per heavy atom. The minimum Gasteiger partial charge on any atom is -0.337 e. The van der Waals surface area contributed by atoms with Gasteiger partial charge in [-0.05, 0) is 24.7 Å². The van der Waals surface area contributed by atoms with Crippen molar-refractivity contribution in [2.75, 3.05) is 43.0 Å². The molecule has 0 spiro atoms. The van der Waals surface area contributed by atoms with E-state index in [1.807, 2.05) is 24.3 Å². The molecule has 1 aliphatic heterocycles. The Kier molecular flexibility index (Phi) is 5.25. The number of hydrogen-bond acceptors (Lipinski definition) is 6. The molecule has 6 nitrogen and oxygen atoms in total. The standard InChI is InChI=1S/C21H24N6/c1-25-12-14-26(15-13-25)21-23-20(16-22-24-21)27(19-10-6-3-7-11-19)17-18-8-4-2-5-9-18/h2-11,16H,12-15,17H2,1H3. The number of benzene rings is 2. The lowest BCUT2D eigenvalue weighted by molar-refractivity contribution is 0.311. The molecule has 0 atom stereocenters. The molecule has 0 saturated carbocycles. The molecule has 1 fully saturated rings. The summed E-state index contributed by atoms with van der Waals surface area (Å²) in [4.78, 5) is 11.6. The summed E-state index contributed by atoms with van der Waals surface area (Å²) in [5.41, 5.74) is 2.31. The Morgan fingerprint density at radius 2 is 1.56 bits per heavy atom. The number of para-hydroxylation sites is 1. The molecule has 6 heteroatoms. The molecule has 0 amide bonds. The van der Waals surface area contributed by atoms with E-state index in [9.17, 15) is 0 Å². The smallest absolute Gasteiger partial charge is 0.247 e. The lowest BCUT2D eigenvalue weighted by Crippen LogP contribution is -2.45. The molecule has 1 aromatic heterocycles. The van der Waals surface area contributed by atoms with Crippen molar-refractivity contribution in [2.24, 2.45) is 0 Å². The highest BCUT2D eigenvalue weighted by molar-refractivity contribution is 5.60. The van der Waals surface area contributed by atoms with Crippen LogP contribution in [-0.2, 0) is 6.54 Å². The molecule has 0 N–H and O–H groups in total. The van der Waals surface area contributed by atoms with Crippen LogP contribution in [0.2, 0.25) is 0 Å². The van der Waals surface area contributed by atoms with E-state index in [0.717, 1.165) is 44.2 Å². The third-order valence-corrected chi connectivity index (χ3v) is 4.85. The fourth-order valence-corrected chi connectivity index (χ4v) is 3.23. The van der Waals surface area contributed by atoms with Gasteiger partial charge in [-0.1, -0.05) is 48.5 Å². The topological polar surface area (TPSA) is 48.4 Å². The Bertz CT molecular complexity index is 847. The molecule has 0 unspecified atom stereocenters. The van der Waals surface area contributed by atoms with Crippen molar-refractivity contribution in [3.8, 4) is 0 Å². The quantitative estimate of drug-likeness (QED) is 0.697. The number of hydrogen-bond donors (Lipinski definition) is 0. The maximum atomic E-state index is 4.85. The van der Waals surface area contributed by atoms with Crippen LogP contribution in [0.15, 0.2) is 66.9 Å². The molecular formula is C21H24N6. The Labute approximate surface area is 160 Å². The average molecular weight is 360 g/mol. The van der Waals surface area contributed by atoms with Crippen molar-refractivity contribution in [3.63, 3.8) is 0 Å². The number of aromatic nitrogens is 3. The van der Waals surface area contributed by atoms with E-state index in [1.54, 1.807) is 6.20 Å². The molecule has 0 bridgehead atoms. The summed E-state index contributed by atoms with van der Waals surface area (Å²) in [5.74, 6) is 1.52. The summed E-state index contributed by atoms with van der Waals surface area (Å²) in [6, 6.07) is 20.7. The van der Waals surface area contributed by atoms with Gasteiger partial charge in [-0.25, -0.2) is 0 Å². The number of anilines is 3. The Balaban J connectivity index is 1.64. The second-order valence-electron chi connectivity index (χ2n) is 6.81. The van der Waals surface area contributed by atoms with Crippen LogP contribution in [0.1, 0.15) is 5.56 Å². The van der Waals surface area contributed by atoms with Crippen molar-refractivity contribution < 1.29 is 0 Å². The fourth-order valence-electron chi connectivity index (χ4n) is 3.23. The van der Waals surface area contributed by atoms with E-state index in [0.29, 0.717) is 5.95 Å². The molecule has 27 heavy (non-hydrogen) atoms. The highest BCUT2D eigenvalue weighted by atomic mass is 15.4. The van der Waals surface area contributed by atoms with Gasteiger partial charge in [-0.3, -0.25) is 0 Å². The van der Waals surface area contributed by atoms with Crippen LogP contribution >= 0.6 is 0 Å². The minimum absolute atomic E-state index is 0.703. The lowest BCUT2D eigenvalue weighted by atomic mass is 10.2. The predicted octanol–water partition coefficient (Wildman–Crippen LogP) is 2.96. The second kappa shape index (κ2) is 8.14. The zero-order valence-electron chi connectivity index (χ0n) is 15.6. The zero-order chi connectivity index (χ0) is 18.5. The molecule has 3 aromatic rings. The van der Waals surface area contributed by atoms with Crippen molar-refractivity contribution in [1.82, 2.24) is 20.1 Å². The Hall–Kier alpha value is -2.99. The maximum Gasteiger partial charge on any atom is 0.247 e. The first kappa shape index (κ1) is 17.4. The average Bonchev–Trinajstić information content (AvgIpc) is 2.74. The van der Waals surface area contributed by atoms with Gasteiger partial charge >= 0.3 is 0 Å². The highest BCUT2D eigenvalue weighted by Crippen LogP contribution is 2.26. The molecular weight excluding hydrogens is 336 g/mol. The minimum atomic E-state index is 0.703. The summed E-state index contributed by atoms with van der Waals surface area (Å²) in [6.45, 7) is 4.60. The van der Waals surface area contributed by atoms with Crippen LogP contribution in [0.25, 0.3) is 0 Å². The van der Waals surface area contributed by atoms with Gasteiger partial charge in [-0.2, -0.15) is 10.1 Å². The van der Waals surface area contributed by atoms with E-state index in [1.165, 1.54) is 5.56 Å². The van der Waals surface area contributed by atoms with Gasteiger partial charge in [0.1, 0.15) is 0 Å². The largest absolute Gasteiger partial charge is 0.337 e. The molecule has 1 aliphatic rings. The monoisotopic (exact) mass is 360 g/mol. The molecule has 0 aliphatic carbocycles. The van der Waals surface area contributed by atoms with Gasteiger partial charge in [0, 0.05) is 38.4 Å². The lowest BCUT2D eigenvalue weighted by Gasteiger charge is -2.32. The first-order chi connectivity index (χ1) is 13.3. The van der Waals surface area contributed by atoms with Crippen molar-refractivity contribution in [3.05, 3.63) is 72.4 Å². The van der Waals surface area contributed by atoms with E-state index < -0.39 is 0 Å². The first-order valence-corrected chi connectivity index (χ1v) is 9.29. The summed E-state index contributed by atoms with van der Waals surface area (Å²) < 4.78 is 0. The molecule has 2 heterocycles. The van der Waals surface area contributed by atoms with Gasteiger partial charge in [0.05, 0.1) is 6.20 Å². The normalized spacial score (nSPS) is 14.9. The van der Waals surface area contributed by atoms with Gasteiger partial charge in [0.15, 0.2) is 5.82 Å². The van der Waals surface area contributed by atoms with Crippen molar-refractivity contribution in [1.29, 1.82) is 0 Å². The highest BCUT2D eigenvalue weighted by Gasteiger charge is 2.19. The number of piperazine rings is 1. The molecule has 1 saturated heterocycles. The summed E-state index contributed by atoms with van der Waals surface area (Å²) in [7, 11) is 2.14.